The van der Waals surface area contributed by atoms with E-state index in [1.54, 1.807) is 0 Å². The van der Waals surface area contributed by atoms with E-state index in [1.807, 2.05) is 19.2 Å². The molecule has 1 aliphatic heterocycles. The van der Waals surface area contributed by atoms with Gasteiger partial charge in [-0.1, -0.05) is 23.4 Å². The first-order valence-corrected chi connectivity index (χ1v) is 4.90. The maximum atomic E-state index is 5.16. The Labute approximate surface area is 87.4 Å². The average Bonchev–Trinajstić information content (AvgIpc) is 2.29. The van der Waals surface area contributed by atoms with Crippen LogP contribution in [0, 0.1) is 0 Å². The van der Waals surface area contributed by atoms with Crippen molar-refractivity contribution in [3.63, 3.8) is 0 Å². The summed E-state index contributed by atoms with van der Waals surface area (Å²) in [6.07, 6.45) is 1.81. The lowest BCUT2D eigenvalue weighted by Crippen LogP contribution is -2.09. The lowest BCUT2D eigenvalue weighted by atomic mass is 10.00. The van der Waals surface area contributed by atoms with Crippen LogP contribution in [-0.2, 0) is 11.4 Å². The second-order valence-electron chi connectivity index (χ2n) is 3.62. The van der Waals surface area contributed by atoms with E-state index in [4.69, 9.17) is 4.84 Å². The Hall–Kier alpha value is -1.90. The van der Waals surface area contributed by atoms with E-state index >= 15 is 0 Å². The van der Waals surface area contributed by atoms with Crippen molar-refractivity contribution in [2.75, 3.05) is 0 Å². The van der Waals surface area contributed by atoms with E-state index in [0.29, 0.717) is 6.61 Å². The molecule has 1 aromatic heterocycles. The van der Waals surface area contributed by atoms with Crippen LogP contribution in [-0.4, -0.2) is 10.7 Å². The Bertz CT molecular complexity index is 561. The molecular weight excluding hydrogens is 188 g/mol. The average molecular weight is 198 g/mol. The third-order valence-electron chi connectivity index (χ3n) is 2.68. The van der Waals surface area contributed by atoms with Crippen LogP contribution in [0.15, 0.2) is 35.6 Å². The fraction of sp³-hybridized carbons (Fsp3) is 0.167. The zero-order valence-corrected chi connectivity index (χ0v) is 8.40. The van der Waals surface area contributed by atoms with Crippen LogP contribution < -0.4 is 0 Å². The van der Waals surface area contributed by atoms with Gasteiger partial charge in [0.05, 0.1) is 11.2 Å². The lowest BCUT2D eigenvalue weighted by Gasteiger charge is -2.15. The van der Waals surface area contributed by atoms with Crippen LogP contribution in [0.25, 0.3) is 10.9 Å². The van der Waals surface area contributed by atoms with E-state index in [0.717, 1.165) is 27.7 Å². The van der Waals surface area contributed by atoms with Gasteiger partial charge in [0, 0.05) is 22.7 Å². The number of hydrogen-bond acceptors (Lipinski definition) is 3. The van der Waals surface area contributed by atoms with Crippen molar-refractivity contribution in [3.8, 4) is 0 Å². The summed E-state index contributed by atoms with van der Waals surface area (Å²) in [6, 6.07) is 8.16. The van der Waals surface area contributed by atoms with E-state index in [1.165, 1.54) is 0 Å². The highest BCUT2D eigenvalue weighted by Gasteiger charge is 2.15. The van der Waals surface area contributed by atoms with E-state index in [-0.39, 0.29) is 0 Å². The molecule has 1 aromatic carbocycles. The first kappa shape index (κ1) is 8.41. The quantitative estimate of drug-likeness (QED) is 0.651. The van der Waals surface area contributed by atoms with Crippen LogP contribution in [0.5, 0.6) is 0 Å². The number of aromatic nitrogens is 1. The molecule has 1 aliphatic rings. The van der Waals surface area contributed by atoms with Crippen molar-refractivity contribution in [3.05, 3.63) is 41.6 Å². The maximum absolute atomic E-state index is 5.16. The van der Waals surface area contributed by atoms with Gasteiger partial charge in [0.15, 0.2) is 0 Å². The standard InChI is InChI=1S/C12H10N2O/c1-8-10-5-4-9-3-2-6-13-12(9)11(10)7-15-14-8/h2-6H,7H2,1H3. The van der Waals surface area contributed by atoms with Gasteiger partial charge < -0.3 is 4.84 Å². The predicted octanol–water partition coefficient (Wildman–Crippen LogP) is 2.49. The predicted molar refractivity (Wildman–Crippen MR) is 58.7 cm³/mol. The molecule has 0 aliphatic carbocycles. The Morgan fingerprint density at radius 1 is 1.27 bits per heavy atom. The molecule has 3 heteroatoms. The summed E-state index contributed by atoms with van der Waals surface area (Å²) in [4.78, 5) is 9.56. The monoisotopic (exact) mass is 198 g/mol. The van der Waals surface area contributed by atoms with Gasteiger partial charge in [-0.3, -0.25) is 4.98 Å². The van der Waals surface area contributed by atoms with E-state index in [2.05, 4.69) is 28.3 Å². The van der Waals surface area contributed by atoms with Gasteiger partial charge in [-0.05, 0) is 13.0 Å². The summed E-state index contributed by atoms with van der Waals surface area (Å²) in [5.41, 5.74) is 4.22. The molecular formula is C12H10N2O. The summed E-state index contributed by atoms with van der Waals surface area (Å²) in [7, 11) is 0. The molecule has 0 amide bonds. The minimum absolute atomic E-state index is 0.515. The second-order valence-corrected chi connectivity index (χ2v) is 3.62. The Balaban J connectivity index is 2.39. The first-order chi connectivity index (χ1) is 7.36. The topological polar surface area (TPSA) is 34.5 Å². The van der Waals surface area contributed by atoms with E-state index in [9.17, 15) is 0 Å². The van der Waals surface area contributed by atoms with Gasteiger partial charge >= 0.3 is 0 Å². The lowest BCUT2D eigenvalue weighted by molar-refractivity contribution is 0.126. The molecule has 0 spiro atoms. The third kappa shape index (κ3) is 1.20. The number of rotatable bonds is 0. The van der Waals surface area contributed by atoms with Crippen molar-refractivity contribution in [1.82, 2.24) is 4.98 Å². The third-order valence-corrected chi connectivity index (χ3v) is 2.68. The molecule has 0 N–H and O–H groups in total. The molecule has 0 saturated carbocycles. The van der Waals surface area contributed by atoms with Gasteiger partial charge in [0.2, 0.25) is 0 Å². The second kappa shape index (κ2) is 3.05. The number of pyridine rings is 1. The minimum atomic E-state index is 0.515. The molecule has 3 nitrogen and oxygen atoms in total. The van der Waals surface area contributed by atoms with E-state index < -0.39 is 0 Å². The van der Waals surface area contributed by atoms with Gasteiger partial charge in [0.1, 0.15) is 6.61 Å². The molecule has 3 rings (SSSR count). The largest absolute Gasteiger partial charge is 0.391 e. The van der Waals surface area contributed by atoms with Crippen molar-refractivity contribution >= 4 is 16.6 Å². The molecule has 0 saturated heterocycles. The Morgan fingerprint density at radius 3 is 3.13 bits per heavy atom. The van der Waals surface area contributed by atoms with Gasteiger partial charge in [-0.2, -0.15) is 0 Å². The molecule has 0 radical (unpaired) electrons. The summed E-state index contributed by atoms with van der Waals surface area (Å²) in [5, 5.41) is 5.11. The van der Waals surface area contributed by atoms with Crippen LogP contribution in [0.1, 0.15) is 18.1 Å². The molecule has 0 bridgehead atoms. The summed E-state index contributed by atoms with van der Waals surface area (Å²) >= 11 is 0. The maximum Gasteiger partial charge on any atom is 0.145 e. The highest BCUT2D eigenvalue weighted by Crippen LogP contribution is 2.24. The number of benzene rings is 1. The van der Waals surface area contributed by atoms with Crippen molar-refractivity contribution in [2.24, 2.45) is 5.16 Å². The van der Waals surface area contributed by atoms with Gasteiger partial charge in [-0.15, -0.1) is 0 Å². The fourth-order valence-corrected chi connectivity index (χ4v) is 1.93. The summed E-state index contributed by atoms with van der Waals surface area (Å²) in [5.74, 6) is 0. The molecule has 0 fully saturated rings. The fourth-order valence-electron chi connectivity index (χ4n) is 1.93. The number of fused-ring (bicyclic) bond motifs is 3. The smallest absolute Gasteiger partial charge is 0.145 e. The number of oxime groups is 1. The van der Waals surface area contributed by atoms with Crippen LogP contribution in [0.2, 0.25) is 0 Å². The SMILES string of the molecule is CC1=NOCc2c1ccc1cccnc21. The Kier molecular flexibility index (Phi) is 1.71. The van der Waals surface area contributed by atoms with Crippen LogP contribution in [0.3, 0.4) is 0 Å². The first-order valence-electron chi connectivity index (χ1n) is 4.90. The highest BCUT2D eigenvalue weighted by molar-refractivity contribution is 6.03. The van der Waals surface area contributed by atoms with Crippen LogP contribution >= 0.6 is 0 Å². The van der Waals surface area contributed by atoms with Crippen molar-refractivity contribution < 1.29 is 4.84 Å². The normalized spacial score (nSPS) is 14.3. The number of nitrogens with zero attached hydrogens (tertiary/aromatic N) is 2. The molecule has 2 heterocycles. The van der Waals surface area contributed by atoms with Crippen molar-refractivity contribution in [1.29, 1.82) is 0 Å². The highest BCUT2D eigenvalue weighted by atomic mass is 16.6. The van der Waals surface area contributed by atoms with Gasteiger partial charge in [0.25, 0.3) is 0 Å². The van der Waals surface area contributed by atoms with Crippen molar-refractivity contribution in [2.45, 2.75) is 13.5 Å². The molecule has 74 valence electrons. The molecule has 0 unspecified atom stereocenters. The zero-order valence-electron chi connectivity index (χ0n) is 8.40. The Morgan fingerprint density at radius 2 is 2.20 bits per heavy atom. The summed E-state index contributed by atoms with van der Waals surface area (Å²) < 4.78 is 0. The van der Waals surface area contributed by atoms with Gasteiger partial charge in [-0.25, -0.2) is 0 Å². The minimum Gasteiger partial charge on any atom is -0.391 e. The molecule has 0 atom stereocenters. The van der Waals surface area contributed by atoms with Crippen LogP contribution in [0.4, 0.5) is 0 Å². The summed E-state index contributed by atoms with van der Waals surface area (Å²) in [6.45, 7) is 2.47. The zero-order chi connectivity index (χ0) is 10.3. The number of hydrogen-bond donors (Lipinski definition) is 0. The molecule has 2 aromatic rings. The molecule has 15 heavy (non-hydrogen) atoms.